The average molecular weight is 294 g/mol. The van der Waals surface area contributed by atoms with E-state index >= 15 is 0 Å². The fourth-order valence-electron chi connectivity index (χ4n) is 2.00. The predicted molar refractivity (Wildman–Crippen MR) is 79.4 cm³/mol. The van der Waals surface area contributed by atoms with Crippen molar-refractivity contribution in [2.24, 2.45) is 0 Å². The molecular weight excluding hydrogens is 276 g/mol. The Hall–Kier alpha value is -1.78. The van der Waals surface area contributed by atoms with Crippen molar-refractivity contribution in [2.45, 2.75) is 6.42 Å². The smallest absolute Gasteiger partial charge is 0.242 e. The predicted octanol–water partition coefficient (Wildman–Crippen LogP) is 1.71. The number of halogens is 1. The molecule has 0 saturated carbocycles. The Morgan fingerprint density at radius 2 is 1.85 bits per heavy atom. The van der Waals surface area contributed by atoms with Crippen molar-refractivity contribution in [1.29, 1.82) is 0 Å². The molecule has 1 aliphatic carbocycles. The van der Waals surface area contributed by atoms with Crippen LogP contribution in [0.25, 0.3) is 0 Å². The standard InChI is InChI=1S/C15H17N2O2.ClH/c1-17(2,3)14-9-13(18)8-12(15(14)19)7-11-5-4-6-16-10-11;/h4-6,8-10H,7H2,1-3H3;1H/q+1;. The summed E-state index contributed by atoms with van der Waals surface area (Å²) in [6.45, 7) is 0. The molecule has 1 aromatic rings. The summed E-state index contributed by atoms with van der Waals surface area (Å²) in [6.07, 6.45) is 6.69. The van der Waals surface area contributed by atoms with E-state index in [1.807, 2.05) is 33.3 Å². The molecule has 0 atom stereocenters. The molecular formula is C15H18ClN2O2+. The van der Waals surface area contributed by atoms with Crippen LogP contribution in [-0.2, 0) is 16.0 Å². The lowest BCUT2D eigenvalue weighted by Crippen LogP contribution is -2.39. The lowest BCUT2D eigenvalue weighted by atomic mass is 9.94. The topological polar surface area (TPSA) is 47.0 Å². The number of quaternary nitrogens is 1. The Kier molecular flexibility index (Phi) is 4.98. The van der Waals surface area contributed by atoms with Crippen molar-refractivity contribution in [2.75, 3.05) is 21.1 Å². The van der Waals surface area contributed by atoms with E-state index in [1.54, 1.807) is 12.4 Å². The van der Waals surface area contributed by atoms with Gasteiger partial charge in [-0.1, -0.05) is 6.07 Å². The maximum Gasteiger partial charge on any atom is 0.242 e. The average Bonchev–Trinajstić information content (AvgIpc) is 2.33. The molecule has 1 heterocycles. The van der Waals surface area contributed by atoms with Crippen LogP contribution in [0, 0.1) is 0 Å². The second-order valence-corrected chi connectivity index (χ2v) is 5.48. The third-order valence-electron chi connectivity index (χ3n) is 2.96. The number of allylic oxidation sites excluding steroid dienone is 3. The van der Waals surface area contributed by atoms with Gasteiger partial charge in [-0.3, -0.25) is 19.1 Å². The van der Waals surface area contributed by atoms with E-state index in [2.05, 4.69) is 4.98 Å². The number of pyridine rings is 1. The van der Waals surface area contributed by atoms with Crippen LogP contribution in [0.3, 0.4) is 0 Å². The molecule has 0 amide bonds. The molecule has 0 radical (unpaired) electrons. The van der Waals surface area contributed by atoms with E-state index < -0.39 is 0 Å². The molecule has 1 aliphatic rings. The quantitative estimate of drug-likeness (QED) is 0.630. The fourth-order valence-corrected chi connectivity index (χ4v) is 2.00. The van der Waals surface area contributed by atoms with Crippen LogP contribution >= 0.6 is 12.4 Å². The van der Waals surface area contributed by atoms with Crippen LogP contribution in [0.1, 0.15) is 5.56 Å². The van der Waals surface area contributed by atoms with Crippen molar-refractivity contribution in [3.05, 3.63) is 53.5 Å². The van der Waals surface area contributed by atoms with Crippen molar-refractivity contribution >= 4 is 24.0 Å². The molecule has 0 saturated heterocycles. The summed E-state index contributed by atoms with van der Waals surface area (Å²) in [7, 11) is 5.64. The van der Waals surface area contributed by atoms with Crippen LogP contribution in [-0.4, -0.2) is 42.2 Å². The summed E-state index contributed by atoms with van der Waals surface area (Å²) in [5.74, 6) is -0.183. The Bertz CT molecular complexity index is 584. The van der Waals surface area contributed by atoms with Crippen LogP contribution < -0.4 is 0 Å². The Balaban J connectivity index is 0.00000200. The van der Waals surface area contributed by atoms with E-state index in [1.165, 1.54) is 12.2 Å². The van der Waals surface area contributed by atoms with Crippen molar-refractivity contribution in [1.82, 2.24) is 4.98 Å². The normalized spacial score (nSPS) is 15.3. The molecule has 0 spiro atoms. The minimum absolute atomic E-state index is 0. The van der Waals surface area contributed by atoms with Gasteiger partial charge in [0.1, 0.15) is 0 Å². The summed E-state index contributed by atoms with van der Waals surface area (Å²) in [6, 6.07) is 3.72. The van der Waals surface area contributed by atoms with Gasteiger partial charge in [0.05, 0.1) is 27.2 Å². The van der Waals surface area contributed by atoms with Gasteiger partial charge in [-0.15, -0.1) is 12.4 Å². The number of hydrogen-bond donors (Lipinski definition) is 0. The van der Waals surface area contributed by atoms with Gasteiger partial charge in [0, 0.05) is 24.4 Å². The fraction of sp³-hybridized carbons (Fsp3) is 0.267. The Labute approximate surface area is 124 Å². The number of carbonyl (C=O) groups excluding carboxylic acids is 2. The zero-order valence-corrected chi connectivity index (χ0v) is 12.6. The second kappa shape index (κ2) is 6.11. The Morgan fingerprint density at radius 1 is 1.15 bits per heavy atom. The molecule has 0 N–H and O–H groups in total. The van der Waals surface area contributed by atoms with Gasteiger partial charge in [-0.25, -0.2) is 0 Å². The number of Topliss-reactive ketones (excluding diaryl/α,β-unsaturated/α-hetero) is 1. The molecule has 0 aliphatic heterocycles. The van der Waals surface area contributed by atoms with Gasteiger partial charge in [0.15, 0.2) is 11.5 Å². The van der Waals surface area contributed by atoms with E-state index in [0.29, 0.717) is 22.2 Å². The van der Waals surface area contributed by atoms with Gasteiger partial charge < -0.3 is 0 Å². The number of hydrogen-bond acceptors (Lipinski definition) is 3. The van der Waals surface area contributed by atoms with Crippen LogP contribution in [0.2, 0.25) is 0 Å². The highest BCUT2D eigenvalue weighted by Crippen LogP contribution is 2.21. The molecule has 1 aromatic heterocycles. The lowest BCUT2D eigenvalue weighted by Gasteiger charge is -2.27. The van der Waals surface area contributed by atoms with Gasteiger partial charge in [0.2, 0.25) is 5.78 Å². The first-order valence-corrected chi connectivity index (χ1v) is 6.10. The van der Waals surface area contributed by atoms with Gasteiger partial charge in [0.25, 0.3) is 0 Å². The van der Waals surface area contributed by atoms with Gasteiger partial charge >= 0.3 is 0 Å². The van der Waals surface area contributed by atoms with Gasteiger partial charge in [-0.05, 0) is 17.7 Å². The third kappa shape index (κ3) is 3.62. The van der Waals surface area contributed by atoms with Gasteiger partial charge in [-0.2, -0.15) is 0 Å². The Morgan fingerprint density at radius 3 is 2.40 bits per heavy atom. The number of likely N-dealkylation sites (N-methyl/N-ethyl adjacent to an activating group) is 1. The number of ketones is 2. The first kappa shape index (κ1) is 16.3. The van der Waals surface area contributed by atoms with E-state index in [9.17, 15) is 9.59 Å². The summed E-state index contributed by atoms with van der Waals surface area (Å²) < 4.78 is 0.342. The summed E-state index contributed by atoms with van der Waals surface area (Å²) in [4.78, 5) is 28.2. The van der Waals surface area contributed by atoms with Crippen LogP contribution in [0.15, 0.2) is 47.9 Å². The minimum atomic E-state index is -0.124. The van der Waals surface area contributed by atoms with E-state index in [0.717, 1.165) is 5.56 Å². The molecule has 0 unspecified atom stereocenters. The molecule has 0 bridgehead atoms. The highest BCUT2D eigenvalue weighted by Gasteiger charge is 2.31. The van der Waals surface area contributed by atoms with Crippen molar-refractivity contribution in [3.8, 4) is 0 Å². The zero-order chi connectivity index (χ0) is 14.0. The second-order valence-electron chi connectivity index (χ2n) is 5.48. The SMILES string of the molecule is C[N+](C)(C)C1=CC(=O)C=C(Cc2cccnc2)C1=O.Cl. The summed E-state index contributed by atoms with van der Waals surface area (Å²) in [5.41, 5.74) is 1.98. The maximum absolute atomic E-state index is 12.4. The molecule has 5 heteroatoms. The molecule has 20 heavy (non-hydrogen) atoms. The number of rotatable bonds is 3. The molecule has 0 fully saturated rings. The first-order chi connectivity index (χ1) is 8.88. The number of carbonyl (C=O) groups is 2. The molecule has 2 rings (SSSR count). The third-order valence-corrected chi connectivity index (χ3v) is 2.96. The maximum atomic E-state index is 12.4. The van der Waals surface area contributed by atoms with Crippen LogP contribution in [0.5, 0.6) is 0 Å². The number of nitrogens with zero attached hydrogens (tertiary/aromatic N) is 2. The summed E-state index contributed by atoms with van der Waals surface area (Å²) in [5, 5.41) is 0. The molecule has 4 nitrogen and oxygen atoms in total. The van der Waals surface area contributed by atoms with Crippen molar-refractivity contribution < 1.29 is 14.1 Å². The van der Waals surface area contributed by atoms with E-state index in [-0.39, 0.29) is 24.0 Å². The largest absolute Gasteiger partial charge is 0.295 e. The molecule has 0 aromatic carbocycles. The number of aromatic nitrogens is 1. The zero-order valence-electron chi connectivity index (χ0n) is 11.8. The molecule has 106 valence electrons. The van der Waals surface area contributed by atoms with Crippen molar-refractivity contribution in [3.63, 3.8) is 0 Å². The minimum Gasteiger partial charge on any atom is -0.295 e. The lowest BCUT2D eigenvalue weighted by molar-refractivity contribution is -0.826. The summed E-state index contributed by atoms with van der Waals surface area (Å²) >= 11 is 0. The highest BCUT2D eigenvalue weighted by atomic mass is 35.5. The highest BCUT2D eigenvalue weighted by molar-refractivity contribution is 6.19. The first-order valence-electron chi connectivity index (χ1n) is 6.10. The monoisotopic (exact) mass is 293 g/mol. The van der Waals surface area contributed by atoms with E-state index in [4.69, 9.17) is 0 Å². The van der Waals surface area contributed by atoms with Crippen LogP contribution in [0.4, 0.5) is 0 Å².